The number of aliphatic hydroxyl groups excluding tert-OH is 1. The average molecular weight is 262 g/mol. The lowest BCUT2D eigenvalue weighted by Crippen LogP contribution is -2.32. The Balaban J connectivity index is 2.95. The van der Waals surface area contributed by atoms with Gasteiger partial charge in [-0.15, -0.1) is 0 Å². The average Bonchev–Trinajstić information content (AvgIpc) is 2.27. The van der Waals surface area contributed by atoms with Crippen LogP contribution in [0.25, 0.3) is 0 Å². The number of aromatic nitrogens is 2. The van der Waals surface area contributed by atoms with Gasteiger partial charge < -0.3 is 20.5 Å². The van der Waals surface area contributed by atoms with Gasteiger partial charge in [0.05, 0.1) is 13.2 Å². The Labute approximate surface area is 103 Å². The van der Waals surface area contributed by atoms with Crippen LogP contribution in [0.2, 0.25) is 0 Å². The van der Waals surface area contributed by atoms with Crippen LogP contribution in [0.1, 0.15) is 5.82 Å². The molecule has 0 unspecified atom stereocenters. The molecule has 3 N–H and O–H groups in total. The van der Waals surface area contributed by atoms with E-state index in [-0.39, 0.29) is 31.4 Å². The van der Waals surface area contributed by atoms with Gasteiger partial charge in [0, 0.05) is 19.7 Å². The van der Waals surface area contributed by atoms with Crippen molar-refractivity contribution < 1.29 is 18.6 Å². The quantitative estimate of drug-likeness (QED) is 0.733. The first kappa shape index (κ1) is 14.5. The Morgan fingerprint density at radius 3 is 2.78 bits per heavy atom. The molecule has 0 saturated carbocycles. The third-order valence-electron chi connectivity index (χ3n) is 2.10. The lowest BCUT2D eigenvalue weighted by molar-refractivity contribution is 0.152. The number of rotatable bonds is 7. The molecule has 18 heavy (non-hydrogen) atoms. The number of aliphatic hydroxyl groups is 1. The number of nitrogens with zero attached hydrogens (tertiary/aromatic N) is 3. The molecule has 102 valence electrons. The Kier molecular flexibility index (Phi) is 5.66. The number of nitrogen functional groups attached to an aromatic ring is 1. The van der Waals surface area contributed by atoms with Gasteiger partial charge in [-0.25, -0.2) is 18.7 Å². The molecule has 0 aliphatic heterocycles. The number of hydrogen-bond acceptors (Lipinski definition) is 6. The number of methoxy groups -OCH3 is 1. The van der Waals surface area contributed by atoms with Crippen molar-refractivity contribution in [1.82, 2.24) is 9.97 Å². The largest absolute Gasteiger partial charge is 0.395 e. The van der Waals surface area contributed by atoms with Crippen LogP contribution in [0.4, 0.5) is 20.4 Å². The fraction of sp³-hybridized carbons (Fsp3) is 0.600. The van der Waals surface area contributed by atoms with Crippen molar-refractivity contribution in [3.8, 4) is 0 Å². The Morgan fingerprint density at radius 2 is 2.22 bits per heavy atom. The molecule has 1 aromatic rings. The van der Waals surface area contributed by atoms with Crippen LogP contribution in [0, 0.1) is 0 Å². The van der Waals surface area contributed by atoms with Crippen molar-refractivity contribution >= 4 is 11.6 Å². The molecule has 0 fully saturated rings. The molecule has 0 aromatic carbocycles. The fourth-order valence-corrected chi connectivity index (χ4v) is 1.45. The molecule has 0 spiro atoms. The van der Waals surface area contributed by atoms with E-state index in [0.29, 0.717) is 5.82 Å². The normalized spacial score (nSPS) is 10.9. The minimum Gasteiger partial charge on any atom is -0.395 e. The summed E-state index contributed by atoms with van der Waals surface area (Å²) in [5.74, 6) is 0.734. The maximum atomic E-state index is 12.4. The molecular weight excluding hydrogens is 246 g/mol. The zero-order chi connectivity index (χ0) is 13.5. The summed E-state index contributed by atoms with van der Waals surface area (Å²) in [6, 6.07) is 1.39. The van der Waals surface area contributed by atoms with Crippen LogP contribution in [0.15, 0.2) is 6.07 Å². The van der Waals surface area contributed by atoms with Gasteiger partial charge in [0.2, 0.25) is 0 Å². The van der Waals surface area contributed by atoms with E-state index in [1.54, 1.807) is 0 Å². The highest BCUT2D eigenvalue weighted by Gasteiger charge is 2.15. The SMILES string of the molecule is COCc1nc(N)cc(N(CCO)CC(F)F)n1. The molecule has 1 aromatic heterocycles. The van der Waals surface area contributed by atoms with Crippen molar-refractivity contribution in [2.45, 2.75) is 13.0 Å². The smallest absolute Gasteiger partial charge is 0.255 e. The van der Waals surface area contributed by atoms with Gasteiger partial charge in [0.1, 0.15) is 18.2 Å². The third-order valence-corrected chi connectivity index (χ3v) is 2.10. The van der Waals surface area contributed by atoms with Crippen molar-refractivity contribution in [3.05, 3.63) is 11.9 Å². The summed E-state index contributed by atoms with van der Waals surface area (Å²) >= 11 is 0. The molecule has 0 atom stereocenters. The van der Waals surface area contributed by atoms with Crippen molar-refractivity contribution in [1.29, 1.82) is 0 Å². The van der Waals surface area contributed by atoms with Crippen LogP contribution in [0.5, 0.6) is 0 Å². The Bertz CT molecular complexity index is 379. The Morgan fingerprint density at radius 1 is 1.50 bits per heavy atom. The summed E-state index contributed by atoms with van der Waals surface area (Å²) in [6.07, 6.45) is -2.53. The lowest BCUT2D eigenvalue weighted by Gasteiger charge is -2.22. The first-order valence-electron chi connectivity index (χ1n) is 5.33. The van der Waals surface area contributed by atoms with Crippen molar-refractivity contribution in [2.24, 2.45) is 0 Å². The van der Waals surface area contributed by atoms with Gasteiger partial charge in [0.25, 0.3) is 6.43 Å². The Hall–Kier alpha value is -1.54. The number of alkyl halides is 2. The van der Waals surface area contributed by atoms with Gasteiger partial charge in [0.15, 0.2) is 5.82 Å². The molecular formula is C10H16F2N4O2. The van der Waals surface area contributed by atoms with Gasteiger partial charge in [-0.1, -0.05) is 0 Å². The van der Waals surface area contributed by atoms with Crippen LogP contribution in [-0.4, -0.2) is 48.3 Å². The second-order valence-electron chi connectivity index (χ2n) is 3.56. The van der Waals surface area contributed by atoms with Gasteiger partial charge in [-0.05, 0) is 0 Å². The van der Waals surface area contributed by atoms with E-state index in [4.69, 9.17) is 15.6 Å². The maximum absolute atomic E-state index is 12.4. The topological polar surface area (TPSA) is 84.5 Å². The molecule has 6 nitrogen and oxygen atoms in total. The third kappa shape index (κ3) is 4.38. The standard InChI is InChI=1S/C10H16F2N4O2/c1-18-6-9-14-8(13)4-10(15-9)16(2-3-17)5-7(11)12/h4,7,17H,2-3,5-6H2,1H3,(H2,13,14,15). The summed E-state index contributed by atoms with van der Waals surface area (Å²) in [6.45, 7) is -0.591. The van der Waals surface area contributed by atoms with Crippen LogP contribution in [-0.2, 0) is 11.3 Å². The fourth-order valence-electron chi connectivity index (χ4n) is 1.45. The summed E-state index contributed by atoms with van der Waals surface area (Å²) in [7, 11) is 1.47. The molecule has 1 heterocycles. The molecule has 0 radical (unpaired) electrons. The zero-order valence-corrected chi connectivity index (χ0v) is 10.0. The monoisotopic (exact) mass is 262 g/mol. The highest BCUT2D eigenvalue weighted by Crippen LogP contribution is 2.15. The summed E-state index contributed by atoms with van der Waals surface area (Å²) in [4.78, 5) is 9.22. The zero-order valence-electron chi connectivity index (χ0n) is 10.0. The molecule has 1 rings (SSSR count). The first-order valence-corrected chi connectivity index (χ1v) is 5.33. The van der Waals surface area contributed by atoms with Crippen LogP contribution >= 0.6 is 0 Å². The summed E-state index contributed by atoms with van der Waals surface area (Å²) in [5, 5.41) is 8.87. The van der Waals surface area contributed by atoms with Gasteiger partial charge in [-0.3, -0.25) is 0 Å². The number of ether oxygens (including phenoxy) is 1. The molecule has 8 heteroatoms. The predicted octanol–water partition coefficient (Wildman–Crippen LogP) is 0.269. The van der Waals surface area contributed by atoms with E-state index >= 15 is 0 Å². The first-order chi connectivity index (χ1) is 8.56. The van der Waals surface area contributed by atoms with Crippen LogP contribution in [0.3, 0.4) is 0 Å². The number of halogens is 2. The van der Waals surface area contributed by atoms with Crippen molar-refractivity contribution in [2.75, 3.05) is 37.4 Å². The molecule has 0 amide bonds. The minimum atomic E-state index is -2.53. The highest BCUT2D eigenvalue weighted by molar-refractivity contribution is 5.47. The van der Waals surface area contributed by atoms with E-state index < -0.39 is 13.0 Å². The minimum absolute atomic E-state index is 0.0488. The van der Waals surface area contributed by atoms with E-state index in [1.165, 1.54) is 18.1 Å². The highest BCUT2D eigenvalue weighted by atomic mass is 19.3. The van der Waals surface area contributed by atoms with Gasteiger partial charge >= 0.3 is 0 Å². The number of anilines is 2. The predicted molar refractivity (Wildman–Crippen MR) is 62.5 cm³/mol. The van der Waals surface area contributed by atoms with Gasteiger partial charge in [-0.2, -0.15) is 0 Å². The maximum Gasteiger partial charge on any atom is 0.255 e. The molecule has 0 aliphatic carbocycles. The number of nitrogens with two attached hydrogens (primary N) is 1. The van der Waals surface area contributed by atoms with E-state index in [2.05, 4.69) is 9.97 Å². The number of hydrogen-bond donors (Lipinski definition) is 2. The lowest BCUT2D eigenvalue weighted by atomic mass is 10.4. The van der Waals surface area contributed by atoms with E-state index in [1.807, 2.05) is 0 Å². The second kappa shape index (κ2) is 7.02. The molecule has 0 saturated heterocycles. The molecule has 0 bridgehead atoms. The van der Waals surface area contributed by atoms with Crippen LogP contribution < -0.4 is 10.6 Å². The summed E-state index contributed by atoms with van der Waals surface area (Å²) < 4.78 is 29.7. The van der Waals surface area contributed by atoms with E-state index in [9.17, 15) is 8.78 Å². The molecule has 0 aliphatic rings. The summed E-state index contributed by atoms with van der Waals surface area (Å²) in [5.41, 5.74) is 5.57. The van der Waals surface area contributed by atoms with E-state index in [0.717, 1.165) is 0 Å². The second-order valence-corrected chi connectivity index (χ2v) is 3.56. The van der Waals surface area contributed by atoms with Crippen molar-refractivity contribution in [3.63, 3.8) is 0 Å².